The van der Waals surface area contributed by atoms with Crippen LogP contribution in [-0.4, -0.2) is 6.29 Å². The minimum absolute atomic E-state index is 0.0282. The Bertz CT molecular complexity index is 424. The number of carbonyl (C=O) groups is 1. The minimum atomic E-state index is -1.56. The van der Waals surface area contributed by atoms with Gasteiger partial charge in [-0.2, -0.15) is 8.78 Å². The van der Waals surface area contributed by atoms with Crippen molar-refractivity contribution in [1.82, 2.24) is 0 Å². The van der Waals surface area contributed by atoms with Crippen LogP contribution < -0.4 is 0 Å². The molecule has 1 saturated carbocycles. The Labute approximate surface area is 106 Å². The van der Waals surface area contributed by atoms with Crippen molar-refractivity contribution in [1.29, 1.82) is 0 Å². The van der Waals surface area contributed by atoms with Crippen molar-refractivity contribution in [2.75, 3.05) is 0 Å². The first-order chi connectivity index (χ1) is 8.69. The van der Waals surface area contributed by atoms with Crippen LogP contribution in [0.3, 0.4) is 0 Å². The predicted octanol–water partition coefficient (Wildman–Crippen LogP) is 4.55. The standard InChI is InChI=1S/C15H16F2O/c16-15(17)9-11-1-5-13(6-2-11)14-7-3-12(10-18)4-8-14/h3-4,7-11,13H,1-2,5-6H2. The quantitative estimate of drug-likeness (QED) is 0.719. The fraction of sp³-hybridized carbons (Fsp3) is 0.400. The van der Waals surface area contributed by atoms with Gasteiger partial charge in [0.1, 0.15) is 6.29 Å². The summed E-state index contributed by atoms with van der Waals surface area (Å²) in [7, 11) is 0. The number of halogens is 2. The first-order valence-corrected chi connectivity index (χ1v) is 6.27. The third kappa shape index (κ3) is 3.25. The molecular formula is C15H16F2O. The lowest BCUT2D eigenvalue weighted by Crippen LogP contribution is -2.11. The van der Waals surface area contributed by atoms with E-state index in [9.17, 15) is 13.6 Å². The Kier molecular flexibility index (Phi) is 4.24. The fourth-order valence-electron chi connectivity index (χ4n) is 2.64. The average Bonchev–Trinajstić information content (AvgIpc) is 2.39. The summed E-state index contributed by atoms with van der Waals surface area (Å²) in [6.07, 6.45) is 3.87. The second-order valence-electron chi connectivity index (χ2n) is 4.85. The second-order valence-corrected chi connectivity index (χ2v) is 4.85. The maximum absolute atomic E-state index is 12.2. The van der Waals surface area contributed by atoms with E-state index in [0.29, 0.717) is 11.5 Å². The molecule has 2 rings (SSSR count). The molecule has 0 atom stereocenters. The molecular weight excluding hydrogens is 234 g/mol. The van der Waals surface area contributed by atoms with Crippen LogP contribution in [0.1, 0.15) is 47.5 Å². The predicted molar refractivity (Wildman–Crippen MR) is 66.8 cm³/mol. The first-order valence-electron chi connectivity index (χ1n) is 6.27. The Morgan fingerprint density at radius 2 is 1.67 bits per heavy atom. The summed E-state index contributed by atoms with van der Waals surface area (Å²) in [5.41, 5.74) is 1.89. The minimum Gasteiger partial charge on any atom is -0.298 e. The normalized spacial score (nSPS) is 23.4. The highest BCUT2D eigenvalue weighted by molar-refractivity contribution is 5.74. The lowest BCUT2D eigenvalue weighted by atomic mass is 9.78. The monoisotopic (exact) mass is 250 g/mol. The van der Waals surface area contributed by atoms with Crippen LogP contribution in [0.15, 0.2) is 36.4 Å². The second kappa shape index (κ2) is 5.89. The Balaban J connectivity index is 1.96. The molecule has 0 amide bonds. The largest absolute Gasteiger partial charge is 0.298 e. The van der Waals surface area contributed by atoms with Crippen LogP contribution in [0.25, 0.3) is 0 Å². The Hall–Kier alpha value is -1.51. The average molecular weight is 250 g/mol. The third-order valence-electron chi connectivity index (χ3n) is 3.68. The van der Waals surface area contributed by atoms with Crippen molar-refractivity contribution in [3.8, 4) is 0 Å². The van der Waals surface area contributed by atoms with Gasteiger partial charge < -0.3 is 0 Å². The molecule has 1 aliphatic carbocycles. The smallest absolute Gasteiger partial charge is 0.266 e. The highest BCUT2D eigenvalue weighted by Crippen LogP contribution is 2.36. The molecule has 0 aliphatic heterocycles. The van der Waals surface area contributed by atoms with Crippen LogP contribution >= 0.6 is 0 Å². The molecule has 1 fully saturated rings. The van der Waals surface area contributed by atoms with Crippen molar-refractivity contribution in [2.45, 2.75) is 31.6 Å². The zero-order chi connectivity index (χ0) is 13.0. The van der Waals surface area contributed by atoms with Crippen LogP contribution in [0.2, 0.25) is 0 Å². The zero-order valence-electron chi connectivity index (χ0n) is 10.1. The van der Waals surface area contributed by atoms with Crippen molar-refractivity contribution in [3.63, 3.8) is 0 Å². The van der Waals surface area contributed by atoms with Crippen molar-refractivity contribution in [3.05, 3.63) is 47.5 Å². The van der Waals surface area contributed by atoms with E-state index in [2.05, 4.69) is 0 Å². The van der Waals surface area contributed by atoms with Crippen LogP contribution in [0.5, 0.6) is 0 Å². The number of benzene rings is 1. The summed E-state index contributed by atoms with van der Waals surface area (Å²) in [6, 6.07) is 7.58. The maximum Gasteiger partial charge on any atom is 0.266 e. The van der Waals surface area contributed by atoms with Gasteiger partial charge in [-0.25, -0.2) is 0 Å². The van der Waals surface area contributed by atoms with E-state index in [-0.39, 0.29) is 5.92 Å². The lowest BCUT2D eigenvalue weighted by molar-refractivity contribution is 0.112. The van der Waals surface area contributed by atoms with E-state index in [4.69, 9.17) is 0 Å². The van der Waals surface area contributed by atoms with Gasteiger partial charge in [-0.3, -0.25) is 4.79 Å². The van der Waals surface area contributed by atoms with Crippen LogP contribution in [0.4, 0.5) is 8.78 Å². The highest BCUT2D eigenvalue weighted by Gasteiger charge is 2.21. The SMILES string of the molecule is O=Cc1ccc(C2CCC(C=C(F)F)CC2)cc1. The van der Waals surface area contributed by atoms with E-state index in [0.717, 1.165) is 38.0 Å². The number of hydrogen-bond donors (Lipinski definition) is 0. The topological polar surface area (TPSA) is 17.1 Å². The molecule has 1 nitrogen and oxygen atoms in total. The molecule has 0 radical (unpaired) electrons. The molecule has 0 saturated heterocycles. The van der Waals surface area contributed by atoms with Crippen molar-refractivity contribution >= 4 is 6.29 Å². The Morgan fingerprint density at radius 1 is 1.06 bits per heavy atom. The molecule has 0 unspecified atom stereocenters. The number of hydrogen-bond acceptors (Lipinski definition) is 1. The van der Waals surface area contributed by atoms with E-state index in [1.807, 2.05) is 24.3 Å². The molecule has 0 heterocycles. The summed E-state index contributed by atoms with van der Waals surface area (Å²) in [5.74, 6) is 0.471. The molecule has 18 heavy (non-hydrogen) atoms. The molecule has 1 aliphatic rings. The molecule has 96 valence electrons. The first kappa shape index (κ1) is 12.9. The molecule has 3 heteroatoms. The maximum atomic E-state index is 12.2. The number of aldehydes is 1. The summed E-state index contributed by atoms with van der Waals surface area (Å²) >= 11 is 0. The summed E-state index contributed by atoms with van der Waals surface area (Å²) in [6.45, 7) is 0. The van der Waals surface area contributed by atoms with E-state index < -0.39 is 6.08 Å². The molecule has 0 aromatic heterocycles. The number of rotatable bonds is 3. The van der Waals surface area contributed by atoms with Gasteiger partial charge in [-0.15, -0.1) is 0 Å². The molecule has 0 N–H and O–H groups in total. The third-order valence-corrected chi connectivity index (χ3v) is 3.68. The summed E-state index contributed by atoms with van der Waals surface area (Å²) < 4.78 is 24.3. The number of carbonyl (C=O) groups excluding carboxylic acids is 1. The van der Waals surface area contributed by atoms with Gasteiger partial charge in [-0.05, 0) is 49.2 Å². The number of allylic oxidation sites excluding steroid dienone is 1. The zero-order valence-corrected chi connectivity index (χ0v) is 10.1. The lowest BCUT2D eigenvalue weighted by Gasteiger charge is -2.26. The molecule has 0 bridgehead atoms. The van der Waals surface area contributed by atoms with Gasteiger partial charge in [0, 0.05) is 5.56 Å². The van der Waals surface area contributed by atoms with Gasteiger partial charge in [0.05, 0.1) is 0 Å². The fourth-order valence-corrected chi connectivity index (χ4v) is 2.64. The summed E-state index contributed by atoms with van der Waals surface area (Å²) in [4.78, 5) is 10.6. The van der Waals surface area contributed by atoms with Gasteiger partial charge >= 0.3 is 0 Å². The van der Waals surface area contributed by atoms with E-state index in [1.165, 1.54) is 5.56 Å². The van der Waals surface area contributed by atoms with Gasteiger partial charge in [0.15, 0.2) is 0 Å². The Morgan fingerprint density at radius 3 is 2.17 bits per heavy atom. The van der Waals surface area contributed by atoms with Crippen LogP contribution in [-0.2, 0) is 0 Å². The highest BCUT2D eigenvalue weighted by atomic mass is 19.3. The molecule has 1 aromatic carbocycles. The molecule has 0 spiro atoms. The van der Waals surface area contributed by atoms with Gasteiger partial charge in [0.2, 0.25) is 0 Å². The van der Waals surface area contributed by atoms with Crippen LogP contribution in [0, 0.1) is 5.92 Å². The van der Waals surface area contributed by atoms with E-state index in [1.54, 1.807) is 0 Å². The summed E-state index contributed by atoms with van der Waals surface area (Å²) in [5, 5.41) is 0. The van der Waals surface area contributed by atoms with E-state index >= 15 is 0 Å². The van der Waals surface area contributed by atoms with Gasteiger partial charge in [-0.1, -0.05) is 24.3 Å². The molecule has 1 aromatic rings. The van der Waals surface area contributed by atoms with Crippen molar-refractivity contribution < 1.29 is 13.6 Å². The van der Waals surface area contributed by atoms with Crippen molar-refractivity contribution in [2.24, 2.45) is 5.92 Å². The van der Waals surface area contributed by atoms with Gasteiger partial charge in [0.25, 0.3) is 6.08 Å².